The van der Waals surface area contributed by atoms with Crippen molar-refractivity contribution in [3.8, 4) is 5.75 Å². The first kappa shape index (κ1) is 20.4. The molecule has 0 saturated carbocycles. The van der Waals surface area contributed by atoms with E-state index in [0.29, 0.717) is 23.7 Å². The maximum absolute atomic E-state index is 12.6. The Balaban J connectivity index is 1.41. The third kappa shape index (κ3) is 5.57. The number of carbonyl (C=O) groups is 2. The second-order valence-corrected chi connectivity index (χ2v) is 7.48. The van der Waals surface area contributed by atoms with Crippen LogP contribution < -0.4 is 10.1 Å². The molecule has 0 aromatic heterocycles. The summed E-state index contributed by atoms with van der Waals surface area (Å²) in [6.45, 7) is 2.35. The Morgan fingerprint density at radius 2 is 1.71 bits per heavy atom. The second-order valence-electron chi connectivity index (χ2n) is 7.05. The zero-order valence-corrected chi connectivity index (χ0v) is 16.7. The number of likely N-dealkylation sites (tertiary alicyclic amines) is 1. The number of nitrogens with one attached hydrogen (secondary N) is 1. The number of carbonyl (C=O) groups excluding carboxylic acids is 2. The van der Waals surface area contributed by atoms with Crippen molar-refractivity contribution in [1.29, 1.82) is 0 Å². The first-order valence-corrected chi connectivity index (χ1v) is 9.84. The van der Waals surface area contributed by atoms with Crippen LogP contribution in [0.5, 0.6) is 5.75 Å². The van der Waals surface area contributed by atoms with E-state index in [1.54, 1.807) is 31.4 Å². The number of hydrogen-bond acceptors (Lipinski definition) is 4. The topological polar surface area (TPSA) is 58.6 Å². The summed E-state index contributed by atoms with van der Waals surface area (Å²) in [6.07, 6.45) is 1.54. The van der Waals surface area contributed by atoms with Crippen molar-refractivity contribution in [1.82, 2.24) is 10.2 Å². The van der Waals surface area contributed by atoms with Gasteiger partial charge in [0.05, 0.1) is 13.7 Å². The number of halogens is 1. The molecule has 2 aromatic carbocycles. The highest BCUT2D eigenvalue weighted by atomic mass is 35.5. The van der Waals surface area contributed by atoms with Crippen LogP contribution in [0.1, 0.15) is 28.8 Å². The molecule has 0 bridgehead atoms. The predicted molar refractivity (Wildman–Crippen MR) is 110 cm³/mol. The van der Waals surface area contributed by atoms with E-state index in [4.69, 9.17) is 16.3 Å². The summed E-state index contributed by atoms with van der Waals surface area (Å²) in [4.78, 5) is 26.9. The van der Waals surface area contributed by atoms with Crippen LogP contribution in [-0.2, 0) is 11.3 Å². The molecule has 28 heavy (non-hydrogen) atoms. The van der Waals surface area contributed by atoms with Gasteiger partial charge in [0.2, 0.25) is 5.91 Å². The summed E-state index contributed by atoms with van der Waals surface area (Å²) in [5.41, 5.74) is 1.74. The summed E-state index contributed by atoms with van der Waals surface area (Å²) >= 11 is 5.89. The van der Waals surface area contributed by atoms with Gasteiger partial charge >= 0.3 is 0 Å². The number of methoxy groups -OCH3 is 1. The Labute approximate surface area is 170 Å². The molecule has 1 N–H and O–H groups in total. The van der Waals surface area contributed by atoms with E-state index in [1.807, 2.05) is 24.3 Å². The van der Waals surface area contributed by atoms with E-state index in [1.165, 1.54) is 0 Å². The number of rotatable bonds is 7. The van der Waals surface area contributed by atoms with Crippen molar-refractivity contribution < 1.29 is 14.3 Å². The average molecular weight is 401 g/mol. The summed E-state index contributed by atoms with van der Waals surface area (Å²) in [6, 6.07) is 14.7. The quantitative estimate of drug-likeness (QED) is 0.722. The number of ketones is 1. The van der Waals surface area contributed by atoms with E-state index >= 15 is 0 Å². The lowest BCUT2D eigenvalue weighted by atomic mass is 9.89. The summed E-state index contributed by atoms with van der Waals surface area (Å²) in [7, 11) is 1.63. The molecule has 3 rings (SSSR count). The minimum Gasteiger partial charge on any atom is -0.497 e. The number of amides is 1. The first-order chi connectivity index (χ1) is 13.5. The third-order valence-electron chi connectivity index (χ3n) is 5.10. The van der Waals surface area contributed by atoms with Gasteiger partial charge in [-0.3, -0.25) is 14.5 Å². The minimum absolute atomic E-state index is 0.00158. The maximum atomic E-state index is 12.6. The number of ether oxygens (including phenoxy) is 1. The normalized spacial score (nSPS) is 15.2. The SMILES string of the molecule is COc1ccc(CNC(=O)CN2CCC(C(=O)c3ccc(Cl)cc3)CC2)cc1. The van der Waals surface area contributed by atoms with Gasteiger partial charge < -0.3 is 10.1 Å². The largest absolute Gasteiger partial charge is 0.497 e. The Morgan fingerprint density at radius 1 is 1.07 bits per heavy atom. The first-order valence-electron chi connectivity index (χ1n) is 9.47. The molecule has 148 valence electrons. The van der Waals surface area contributed by atoms with Crippen LogP contribution in [0.2, 0.25) is 5.02 Å². The fourth-order valence-electron chi connectivity index (χ4n) is 3.41. The molecular weight excluding hydrogens is 376 g/mol. The molecule has 1 amide bonds. The van der Waals surface area contributed by atoms with Crippen molar-refractivity contribution in [3.63, 3.8) is 0 Å². The van der Waals surface area contributed by atoms with Gasteiger partial charge in [-0.1, -0.05) is 23.7 Å². The van der Waals surface area contributed by atoms with E-state index in [9.17, 15) is 9.59 Å². The molecule has 5 nitrogen and oxygen atoms in total. The van der Waals surface area contributed by atoms with Crippen molar-refractivity contribution in [3.05, 3.63) is 64.7 Å². The van der Waals surface area contributed by atoms with Gasteiger partial charge in [-0.25, -0.2) is 0 Å². The molecule has 2 aromatic rings. The molecular formula is C22H25ClN2O3. The molecule has 0 spiro atoms. The smallest absolute Gasteiger partial charge is 0.234 e. The zero-order valence-electron chi connectivity index (χ0n) is 16.0. The van der Waals surface area contributed by atoms with Gasteiger partial charge in [0.15, 0.2) is 5.78 Å². The molecule has 1 fully saturated rings. The maximum Gasteiger partial charge on any atom is 0.234 e. The van der Waals surface area contributed by atoms with Crippen LogP contribution in [0.25, 0.3) is 0 Å². The lowest BCUT2D eigenvalue weighted by Gasteiger charge is -2.30. The van der Waals surface area contributed by atoms with Crippen molar-refractivity contribution in [2.24, 2.45) is 5.92 Å². The van der Waals surface area contributed by atoms with E-state index in [2.05, 4.69) is 10.2 Å². The van der Waals surface area contributed by atoms with Crippen molar-refractivity contribution >= 4 is 23.3 Å². The molecule has 1 heterocycles. The molecule has 1 aliphatic rings. The molecule has 0 radical (unpaired) electrons. The highest BCUT2D eigenvalue weighted by Gasteiger charge is 2.26. The van der Waals surface area contributed by atoms with Crippen LogP contribution in [-0.4, -0.2) is 43.3 Å². The Morgan fingerprint density at radius 3 is 2.32 bits per heavy atom. The van der Waals surface area contributed by atoms with Gasteiger partial charge in [-0.15, -0.1) is 0 Å². The van der Waals surface area contributed by atoms with Crippen LogP contribution >= 0.6 is 11.6 Å². The summed E-state index contributed by atoms with van der Waals surface area (Å²) in [5.74, 6) is 0.976. The van der Waals surface area contributed by atoms with Crippen LogP contribution in [0, 0.1) is 5.92 Å². The number of piperidine rings is 1. The van der Waals surface area contributed by atoms with E-state index in [0.717, 1.165) is 37.2 Å². The van der Waals surface area contributed by atoms with Crippen molar-refractivity contribution in [2.45, 2.75) is 19.4 Å². The monoisotopic (exact) mass is 400 g/mol. The average Bonchev–Trinajstić information content (AvgIpc) is 2.73. The van der Waals surface area contributed by atoms with Gasteiger partial charge in [-0.05, 0) is 67.9 Å². The molecule has 1 saturated heterocycles. The molecule has 1 aliphatic heterocycles. The van der Waals surface area contributed by atoms with Gasteiger partial charge in [0, 0.05) is 23.0 Å². The molecule has 0 atom stereocenters. The van der Waals surface area contributed by atoms with Crippen LogP contribution in [0.15, 0.2) is 48.5 Å². The Kier molecular flexibility index (Phi) is 7.06. The zero-order chi connectivity index (χ0) is 19.9. The fraction of sp³-hybridized carbons (Fsp3) is 0.364. The molecule has 0 unspecified atom stereocenters. The fourth-order valence-corrected chi connectivity index (χ4v) is 3.53. The Bertz CT molecular complexity index is 798. The highest BCUT2D eigenvalue weighted by Crippen LogP contribution is 2.22. The lowest BCUT2D eigenvalue weighted by Crippen LogP contribution is -2.42. The number of hydrogen-bond donors (Lipinski definition) is 1. The van der Waals surface area contributed by atoms with E-state index in [-0.39, 0.29) is 17.6 Å². The van der Waals surface area contributed by atoms with Gasteiger partial charge in [0.25, 0.3) is 0 Å². The standard InChI is InChI=1S/C22H25ClN2O3/c1-28-20-8-2-16(3-9-20)14-24-21(26)15-25-12-10-18(11-13-25)22(27)17-4-6-19(23)7-5-17/h2-9,18H,10-15H2,1H3,(H,24,26). The number of nitrogens with zero attached hydrogens (tertiary/aromatic N) is 1. The van der Waals surface area contributed by atoms with Gasteiger partial charge in [-0.2, -0.15) is 0 Å². The molecule has 6 heteroatoms. The van der Waals surface area contributed by atoms with E-state index < -0.39 is 0 Å². The third-order valence-corrected chi connectivity index (χ3v) is 5.36. The number of Topliss-reactive ketones (excluding diaryl/α,β-unsaturated/α-hetero) is 1. The highest BCUT2D eigenvalue weighted by molar-refractivity contribution is 6.30. The van der Waals surface area contributed by atoms with Gasteiger partial charge in [0.1, 0.15) is 5.75 Å². The lowest BCUT2D eigenvalue weighted by molar-refractivity contribution is -0.122. The second kappa shape index (κ2) is 9.71. The van der Waals surface area contributed by atoms with Crippen molar-refractivity contribution in [2.75, 3.05) is 26.7 Å². The number of benzene rings is 2. The van der Waals surface area contributed by atoms with Crippen LogP contribution in [0.4, 0.5) is 0 Å². The summed E-state index contributed by atoms with van der Waals surface area (Å²) in [5, 5.41) is 3.58. The molecule has 0 aliphatic carbocycles. The summed E-state index contributed by atoms with van der Waals surface area (Å²) < 4.78 is 5.13. The Hall–Kier alpha value is -2.37. The van der Waals surface area contributed by atoms with Crippen LogP contribution in [0.3, 0.4) is 0 Å². The minimum atomic E-state index is -0.00158. The predicted octanol–water partition coefficient (Wildman–Crippen LogP) is 3.56.